The van der Waals surface area contributed by atoms with Crippen LogP contribution in [0.3, 0.4) is 0 Å². The molecule has 0 fully saturated rings. The minimum Gasteiger partial charge on any atom is -0.331 e. The summed E-state index contributed by atoms with van der Waals surface area (Å²) in [6.07, 6.45) is 0. The predicted molar refractivity (Wildman–Crippen MR) is 108 cm³/mol. The third-order valence-electron chi connectivity index (χ3n) is 4.33. The molecular weight excluding hydrogens is 392 g/mol. The van der Waals surface area contributed by atoms with Gasteiger partial charge in [-0.2, -0.15) is 0 Å². The highest BCUT2D eigenvalue weighted by Gasteiger charge is 2.13. The average Bonchev–Trinajstić information content (AvgIpc) is 2.67. The average molecular weight is 407 g/mol. The van der Waals surface area contributed by atoms with E-state index in [0.29, 0.717) is 16.5 Å². The van der Waals surface area contributed by atoms with Crippen molar-refractivity contribution < 1.29 is 4.79 Å². The van der Waals surface area contributed by atoms with Crippen molar-refractivity contribution in [3.8, 4) is 0 Å². The van der Waals surface area contributed by atoms with Gasteiger partial charge in [-0.25, -0.2) is 0 Å². The maximum Gasteiger partial charge on any atom is 0.244 e. The van der Waals surface area contributed by atoms with Gasteiger partial charge in [-0.3, -0.25) is 9.59 Å². The Hall–Kier alpha value is -2.92. The minimum atomic E-state index is -0.157. The van der Waals surface area contributed by atoms with Crippen molar-refractivity contribution in [3.05, 3.63) is 87.5 Å². The molecule has 0 aliphatic heterocycles. The van der Waals surface area contributed by atoms with E-state index in [2.05, 4.69) is 21.2 Å². The summed E-state index contributed by atoms with van der Waals surface area (Å²) in [6.45, 7) is 0.114. The molecular formula is C21H15BrN2O2. The number of halogens is 1. The number of hydrogen-bond donors (Lipinski definition) is 1. The molecule has 0 saturated heterocycles. The second kappa shape index (κ2) is 6.77. The number of anilines is 1. The molecule has 0 radical (unpaired) electrons. The molecule has 0 atom stereocenters. The Morgan fingerprint density at radius 3 is 2.00 bits per heavy atom. The molecule has 5 heteroatoms. The molecule has 0 bridgehead atoms. The smallest absolute Gasteiger partial charge is 0.244 e. The van der Waals surface area contributed by atoms with Gasteiger partial charge in [0.05, 0.1) is 16.7 Å². The van der Waals surface area contributed by atoms with Crippen molar-refractivity contribution in [2.75, 3.05) is 5.32 Å². The largest absolute Gasteiger partial charge is 0.331 e. The fourth-order valence-corrected chi connectivity index (χ4v) is 3.53. The van der Waals surface area contributed by atoms with Crippen LogP contribution in [0.15, 0.2) is 82.1 Å². The minimum absolute atomic E-state index is 0.0151. The molecule has 0 aliphatic carbocycles. The van der Waals surface area contributed by atoms with Crippen LogP contribution in [-0.4, -0.2) is 10.5 Å². The number of amides is 1. The molecule has 1 heterocycles. The Morgan fingerprint density at radius 2 is 1.38 bits per heavy atom. The SMILES string of the molecule is O=C(Cn1c2ccccc2c(=O)c2ccccc21)Nc1ccccc1Br. The van der Waals surface area contributed by atoms with Gasteiger partial charge < -0.3 is 9.88 Å². The number of pyridine rings is 1. The van der Waals surface area contributed by atoms with Gasteiger partial charge >= 0.3 is 0 Å². The topological polar surface area (TPSA) is 51.1 Å². The number of rotatable bonds is 3. The van der Waals surface area contributed by atoms with E-state index in [-0.39, 0.29) is 17.9 Å². The van der Waals surface area contributed by atoms with Crippen molar-refractivity contribution in [2.45, 2.75) is 6.54 Å². The van der Waals surface area contributed by atoms with Crippen LogP contribution in [0.25, 0.3) is 21.8 Å². The Bertz CT molecular complexity index is 1140. The molecule has 0 aliphatic rings. The van der Waals surface area contributed by atoms with Gasteiger partial charge in [0.1, 0.15) is 6.54 Å². The molecule has 0 unspecified atom stereocenters. The summed E-state index contributed by atoms with van der Waals surface area (Å²) >= 11 is 3.44. The van der Waals surface area contributed by atoms with E-state index in [1.807, 2.05) is 65.2 Å². The van der Waals surface area contributed by atoms with Crippen LogP contribution >= 0.6 is 15.9 Å². The number of nitrogens with zero attached hydrogens (tertiary/aromatic N) is 1. The van der Waals surface area contributed by atoms with Gasteiger partial charge in [-0.15, -0.1) is 0 Å². The number of aromatic nitrogens is 1. The van der Waals surface area contributed by atoms with Crippen LogP contribution in [-0.2, 0) is 11.3 Å². The molecule has 1 N–H and O–H groups in total. The first-order valence-electron chi connectivity index (χ1n) is 8.20. The van der Waals surface area contributed by atoms with Crippen LogP contribution in [0.1, 0.15) is 0 Å². The molecule has 4 nitrogen and oxygen atoms in total. The predicted octanol–water partition coefficient (Wildman–Crippen LogP) is 4.56. The highest BCUT2D eigenvalue weighted by molar-refractivity contribution is 9.10. The maximum absolute atomic E-state index is 12.7. The van der Waals surface area contributed by atoms with Crippen LogP contribution in [0.5, 0.6) is 0 Å². The molecule has 4 rings (SSSR count). The zero-order chi connectivity index (χ0) is 18.1. The summed E-state index contributed by atoms with van der Waals surface area (Å²) < 4.78 is 2.71. The normalized spacial score (nSPS) is 11.0. The molecule has 4 aromatic rings. The lowest BCUT2D eigenvalue weighted by Crippen LogP contribution is -2.21. The summed E-state index contributed by atoms with van der Waals surface area (Å²) in [5, 5.41) is 4.14. The van der Waals surface area contributed by atoms with Crippen LogP contribution in [0.4, 0.5) is 5.69 Å². The van der Waals surface area contributed by atoms with Crippen molar-refractivity contribution >= 4 is 49.3 Å². The second-order valence-electron chi connectivity index (χ2n) is 5.98. The summed E-state index contributed by atoms with van der Waals surface area (Å²) in [4.78, 5) is 25.4. The van der Waals surface area contributed by atoms with Crippen molar-refractivity contribution in [2.24, 2.45) is 0 Å². The number of benzene rings is 3. The highest BCUT2D eigenvalue weighted by Crippen LogP contribution is 2.22. The molecule has 26 heavy (non-hydrogen) atoms. The van der Waals surface area contributed by atoms with Crippen molar-refractivity contribution in [1.82, 2.24) is 4.57 Å². The fraction of sp³-hybridized carbons (Fsp3) is 0.0476. The lowest BCUT2D eigenvalue weighted by Gasteiger charge is -2.15. The first-order chi connectivity index (χ1) is 12.6. The summed E-state index contributed by atoms with van der Waals surface area (Å²) in [5.41, 5.74) is 2.20. The zero-order valence-electron chi connectivity index (χ0n) is 13.8. The number of fused-ring (bicyclic) bond motifs is 2. The monoisotopic (exact) mass is 406 g/mol. The first kappa shape index (κ1) is 16.5. The summed E-state index contributed by atoms with van der Waals surface area (Å²) in [5.74, 6) is -0.157. The number of carbonyl (C=O) groups excluding carboxylic acids is 1. The van der Waals surface area contributed by atoms with Crippen LogP contribution < -0.4 is 10.7 Å². The van der Waals surface area contributed by atoms with Gasteiger partial charge in [0.25, 0.3) is 0 Å². The third-order valence-corrected chi connectivity index (χ3v) is 5.02. The molecule has 1 amide bonds. The number of para-hydroxylation sites is 3. The lowest BCUT2D eigenvalue weighted by molar-refractivity contribution is -0.116. The van der Waals surface area contributed by atoms with E-state index in [0.717, 1.165) is 15.5 Å². The zero-order valence-corrected chi connectivity index (χ0v) is 15.4. The second-order valence-corrected chi connectivity index (χ2v) is 6.83. The van der Waals surface area contributed by atoms with Crippen molar-refractivity contribution in [3.63, 3.8) is 0 Å². The lowest BCUT2D eigenvalue weighted by atomic mass is 10.1. The van der Waals surface area contributed by atoms with E-state index < -0.39 is 0 Å². The molecule has 128 valence electrons. The Morgan fingerprint density at radius 1 is 0.846 bits per heavy atom. The van der Waals surface area contributed by atoms with Gasteiger partial charge in [-0.1, -0.05) is 36.4 Å². The van der Waals surface area contributed by atoms with E-state index in [1.54, 1.807) is 12.1 Å². The van der Waals surface area contributed by atoms with E-state index in [1.165, 1.54) is 0 Å². The fourth-order valence-electron chi connectivity index (χ4n) is 3.14. The molecule has 0 saturated carbocycles. The van der Waals surface area contributed by atoms with Gasteiger partial charge in [0.2, 0.25) is 5.91 Å². The third kappa shape index (κ3) is 2.91. The Kier molecular flexibility index (Phi) is 4.31. The number of carbonyl (C=O) groups is 1. The quantitative estimate of drug-likeness (QED) is 0.507. The summed E-state index contributed by atoms with van der Waals surface area (Å²) in [7, 11) is 0. The standard InChI is InChI=1S/C21H15BrN2O2/c22-16-9-3-4-10-17(16)23-20(25)13-24-18-11-5-1-7-14(18)21(26)15-8-2-6-12-19(15)24/h1-12H,13H2,(H,23,25). The maximum atomic E-state index is 12.7. The van der Waals surface area contributed by atoms with E-state index >= 15 is 0 Å². The van der Waals surface area contributed by atoms with Crippen molar-refractivity contribution in [1.29, 1.82) is 0 Å². The first-order valence-corrected chi connectivity index (χ1v) is 8.99. The molecule has 0 spiro atoms. The molecule has 1 aromatic heterocycles. The molecule has 3 aromatic carbocycles. The van der Waals surface area contributed by atoms with Crippen LogP contribution in [0, 0.1) is 0 Å². The van der Waals surface area contributed by atoms with Gasteiger partial charge in [0, 0.05) is 15.2 Å². The number of nitrogens with one attached hydrogen (secondary N) is 1. The van der Waals surface area contributed by atoms with E-state index in [9.17, 15) is 9.59 Å². The van der Waals surface area contributed by atoms with Gasteiger partial charge in [0.15, 0.2) is 5.43 Å². The Labute approximate surface area is 158 Å². The number of hydrogen-bond acceptors (Lipinski definition) is 2. The van der Waals surface area contributed by atoms with Crippen LogP contribution in [0.2, 0.25) is 0 Å². The van der Waals surface area contributed by atoms with Gasteiger partial charge in [-0.05, 0) is 52.3 Å². The van der Waals surface area contributed by atoms with E-state index in [4.69, 9.17) is 0 Å². The highest BCUT2D eigenvalue weighted by atomic mass is 79.9. The summed E-state index contributed by atoms with van der Waals surface area (Å²) in [6, 6.07) is 22.2. The Balaban J connectivity index is 1.82.